The number of hydrogen-bond donors (Lipinski definition) is 0. The average molecular weight is 454 g/mol. The van der Waals surface area contributed by atoms with E-state index in [0.717, 1.165) is 34.4 Å². The van der Waals surface area contributed by atoms with Crippen molar-refractivity contribution in [3.05, 3.63) is 107 Å². The van der Waals surface area contributed by atoms with E-state index >= 15 is 0 Å². The number of fused-ring (bicyclic) bond motifs is 3. The standard InChI is InChI=1S/C27H16F6/c28-26(29,30)24-11-5-3-9-19(24)22-14-17-13-16-7-1-2-8-18(16)21(17)15-23(22)20-10-4-6-12-25(20)27(31,32)33/h1-12,14-15H,13H2. The van der Waals surface area contributed by atoms with Crippen molar-refractivity contribution in [2.45, 2.75) is 18.8 Å². The molecule has 0 bridgehead atoms. The molecule has 0 saturated carbocycles. The second kappa shape index (κ2) is 7.51. The summed E-state index contributed by atoms with van der Waals surface area (Å²) < 4.78 is 83.1. The molecule has 0 aromatic heterocycles. The lowest BCUT2D eigenvalue weighted by Crippen LogP contribution is -2.09. The van der Waals surface area contributed by atoms with Gasteiger partial charge in [0.25, 0.3) is 0 Å². The Morgan fingerprint density at radius 2 is 0.879 bits per heavy atom. The van der Waals surface area contributed by atoms with E-state index in [-0.39, 0.29) is 22.3 Å². The van der Waals surface area contributed by atoms with Gasteiger partial charge in [-0.05, 0) is 75.2 Å². The topological polar surface area (TPSA) is 0 Å². The second-order valence-electron chi connectivity index (χ2n) is 7.98. The molecule has 0 atom stereocenters. The van der Waals surface area contributed by atoms with E-state index in [1.807, 2.05) is 24.3 Å². The molecule has 1 aliphatic rings. The fourth-order valence-electron chi connectivity index (χ4n) is 4.56. The SMILES string of the molecule is FC(F)(F)c1ccccc1-c1cc2c(cc1-c1ccccc1C(F)(F)F)-c1ccccc1C2. The third kappa shape index (κ3) is 3.69. The van der Waals surface area contributed by atoms with Gasteiger partial charge in [0.1, 0.15) is 0 Å². The molecule has 0 nitrogen and oxygen atoms in total. The third-order valence-electron chi connectivity index (χ3n) is 5.98. The molecule has 0 amide bonds. The van der Waals surface area contributed by atoms with E-state index in [1.165, 1.54) is 36.4 Å². The lowest BCUT2D eigenvalue weighted by atomic mass is 9.86. The number of halogens is 6. The van der Waals surface area contributed by atoms with Crippen molar-refractivity contribution in [3.63, 3.8) is 0 Å². The zero-order chi connectivity index (χ0) is 23.4. The van der Waals surface area contributed by atoms with Crippen molar-refractivity contribution in [1.29, 1.82) is 0 Å². The highest BCUT2D eigenvalue weighted by Crippen LogP contribution is 2.48. The molecule has 0 heterocycles. The molecule has 0 N–H and O–H groups in total. The van der Waals surface area contributed by atoms with Crippen LogP contribution in [0.15, 0.2) is 84.9 Å². The maximum absolute atomic E-state index is 13.9. The molecule has 1 aliphatic carbocycles. The first-order valence-electron chi connectivity index (χ1n) is 10.2. The average Bonchev–Trinajstić information content (AvgIpc) is 3.15. The summed E-state index contributed by atoms with van der Waals surface area (Å²) in [6.07, 6.45) is -8.80. The highest BCUT2D eigenvalue weighted by molar-refractivity contribution is 5.92. The highest BCUT2D eigenvalue weighted by atomic mass is 19.4. The Labute approximate surface area is 186 Å². The van der Waals surface area contributed by atoms with E-state index < -0.39 is 23.5 Å². The summed E-state index contributed by atoms with van der Waals surface area (Å²) in [5.74, 6) is 0. The molecular weight excluding hydrogens is 438 g/mol. The molecule has 4 aromatic rings. The molecule has 166 valence electrons. The molecule has 33 heavy (non-hydrogen) atoms. The van der Waals surface area contributed by atoms with Gasteiger partial charge in [0, 0.05) is 0 Å². The summed E-state index contributed by atoms with van der Waals surface area (Å²) in [4.78, 5) is 0. The maximum atomic E-state index is 13.9. The molecule has 0 fully saturated rings. The lowest BCUT2D eigenvalue weighted by Gasteiger charge is -2.20. The van der Waals surface area contributed by atoms with Crippen LogP contribution in [-0.2, 0) is 18.8 Å². The van der Waals surface area contributed by atoms with Gasteiger partial charge >= 0.3 is 12.4 Å². The predicted molar refractivity (Wildman–Crippen MR) is 116 cm³/mol. The highest BCUT2D eigenvalue weighted by Gasteiger charge is 2.37. The first kappa shape index (κ1) is 21.3. The smallest absolute Gasteiger partial charge is 0.166 e. The Morgan fingerprint density at radius 1 is 0.424 bits per heavy atom. The van der Waals surface area contributed by atoms with Crippen molar-refractivity contribution >= 4 is 0 Å². The van der Waals surface area contributed by atoms with Gasteiger partial charge < -0.3 is 0 Å². The van der Waals surface area contributed by atoms with Crippen LogP contribution in [0.4, 0.5) is 26.3 Å². The Bertz CT molecular complexity index is 1360. The van der Waals surface area contributed by atoms with Gasteiger partial charge in [-0.25, -0.2) is 0 Å². The summed E-state index contributed by atoms with van der Waals surface area (Å²) >= 11 is 0. The number of benzene rings is 4. The van der Waals surface area contributed by atoms with E-state index in [0.29, 0.717) is 6.42 Å². The van der Waals surface area contributed by atoms with Gasteiger partial charge in [0.05, 0.1) is 11.1 Å². The Hall–Kier alpha value is -3.54. The van der Waals surface area contributed by atoms with Crippen molar-refractivity contribution in [2.24, 2.45) is 0 Å². The van der Waals surface area contributed by atoms with E-state index in [4.69, 9.17) is 0 Å². The van der Waals surface area contributed by atoms with Gasteiger partial charge in [-0.15, -0.1) is 0 Å². The van der Waals surface area contributed by atoms with Crippen LogP contribution in [0.2, 0.25) is 0 Å². The Morgan fingerprint density at radius 3 is 1.42 bits per heavy atom. The van der Waals surface area contributed by atoms with Crippen LogP contribution < -0.4 is 0 Å². The van der Waals surface area contributed by atoms with Crippen LogP contribution in [-0.4, -0.2) is 0 Å². The first-order chi connectivity index (χ1) is 15.6. The maximum Gasteiger partial charge on any atom is 0.417 e. The first-order valence-corrected chi connectivity index (χ1v) is 10.2. The third-order valence-corrected chi connectivity index (χ3v) is 5.98. The summed E-state index contributed by atoms with van der Waals surface area (Å²) in [6.45, 7) is 0. The summed E-state index contributed by atoms with van der Waals surface area (Å²) in [5.41, 5.74) is 1.59. The number of alkyl halides is 6. The second-order valence-corrected chi connectivity index (χ2v) is 7.98. The van der Waals surface area contributed by atoms with Crippen LogP contribution in [0, 0.1) is 0 Å². The van der Waals surface area contributed by atoms with Crippen LogP contribution in [0.1, 0.15) is 22.3 Å². The van der Waals surface area contributed by atoms with Gasteiger partial charge in [0.2, 0.25) is 0 Å². The van der Waals surface area contributed by atoms with Crippen molar-refractivity contribution in [1.82, 2.24) is 0 Å². The number of hydrogen-bond acceptors (Lipinski definition) is 0. The molecule has 0 saturated heterocycles. The number of rotatable bonds is 2. The van der Waals surface area contributed by atoms with Gasteiger partial charge in [0.15, 0.2) is 0 Å². The van der Waals surface area contributed by atoms with Crippen LogP contribution >= 0.6 is 0 Å². The minimum Gasteiger partial charge on any atom is -0.166 e. The van der Waals surface area contributed by atoms with Gasteiger partial charge in [-0.2, -0.15) is 26.3 Å². The zero-order valence-corrected chi connectivity index (χ0v) is 17.1. The molecule has 0 unspecified atom stereocenters. The minimum absolute atomic E-state index is 0.120. The van der Waals surface area contributed by atoms with Crippen LogP contribution in [0.5, 0.6) is 0 Å². The van der Waals surface area contributed by atoms with Crippen molar-refractivity contribution in [2.75, 3.05) is 0 Å². The largest absolute Gasteiger partial charge is 0.417 e. The summed E-state index contributed by atoms with van der Waals surface area (Å²) in [5, 5.41) is 0. The van der Waals surface area contributed by atoms with E-state index in [9.17, 15) is 26.3 Å². The molecule has 5 rings (SSSR count). The molecular formula is C27H16F6. The zero-order valence-electron chi connectivity index (χ0n) is 17.1. The van der Waals surface area contributed by atoms with Crippen molar-refractivity contribution in [3.8, 4) is 33.4 Å². The Balaban J connectivity index is 1.86. The quantitative estimate of drug-likeness (QED) is 0.234. The normalized spacial score (nSPS) is 13.0. The molecule has 0 aliphatic heterocycles. The molecule has 0 radical (unpaired) electrons. The summed E-state index contributed by atoms with van der Waals surface area (Å²) in [7, 11) is 0. The fourth-order valence-corrected chi connectivity index (χ4v) is 4.56. The van der Waals surface area contributed by atoms with Crippen molar-refractivity contribution < 1.29 is 26.3 Å². The monoisotopic (exact) mass is 454 g/mol. The minimum atomic E-state index is -4.66. The Kier molecular flexibility index (Phi) is 4.85. The molecule has 4 aromatic carbocycles. The van der Waals surface area contributed by atoms with E-state index in [1.54, 1.807) is 12.1 Å². The fraction of sp³-hybridized carbons (Fsp3) is 0.111. The van der Waals surface area contributed by atoms with E-state index in [2.05, 4.69) is 0 Å². The molecule has 6 heteroatoms. The van der Waals surface area contributed by atoms with Crippen LogP contribution in [0.25, 0.3) is 33.4 Å². The molecule has 0 spiro atoms. The van der Waals surface area contributed by atoms with Crippen LogP contribution in [0.3, 0.4) is 0 Å². The van der Waals surface area contributed by atoms with Gasteiger partial charge in [-0.1, -0.05) is 60.7 Å². The van der Waals surface area contributed by atoms with Gasteiger partial charge in [-0.3, -0.25) is 0 Å². The summed E-state index contributed by atoms with van der Waals surface area (Å²) in [6, 6.07) is 20.7. The predicted octanol–water partition coefficient (Wildman–Crippen LogP) is 8.63. The lowest BCUT2D eigenvalue weighted by molar-refractivity contribution is -0.138.